The van der Waals surface area contributed by atoms with Crippen LogP contribution in [0.1, 0.15) is 29.7 Å². The molecule has 0 bridgehead atoms. The maximum Gasteiger partial charge on any atom is 0.420 e. The molecular formula is C21H17F6N3O3S. The standard InChI is InChI=1S/C21H17F6N3O3S/c1-2-34(32,33)15-7-8-16-12(9-15)10-29-17(16)18(31)30-14-5-3-13(4-6-14)19(11-28,20(22,23)24)21(25,26)27/h3-9,17,29H,2,10H2,1H3,(H,30,31). The topological polar surface area (TPSA) is 99.1 Å². The van der Waals surface area contributed by atoms with Crippen LogP contribution in [-0.4, -0.2) is 32.4 Å². The smallest absolute Gasteiger partial charge is 0.324 e. The molecule has 182 valence electrons. The molecule has 0 aromatic heterocycles. The van der Waals surface area contributed by atoms with Crippen LogP contribution in [0.5, 0.6) is 0 Å². The number of carbonyl (C=O) groups excluding carboxylic acids is 1. The molecule has 0 saturated carbocycles. The van der Waals surface area contributed by atoms with Gasteiger partial charge in [-0.2, -0.15) is 31.6 Å². The van der Waals surface area contributed by atoms with Crippen molar-refractivity contribution in [2.45, 2.75) is 42.2 Å². The zero-order valence-electron chi connectivity index (χ0n) is 17.4. The molecule has 6 nitrogen and oxygen atoms in total. The summed E-state index contributed by atoms with van der Waals surface area (Å²) in [6.07, 6.45) is -11.8. The number of benzene rings is 2. The highest BCUT2D eigenvalue weighted by atomic mass is 32.2. The van der Waals surface area contributed by atoms with Crippen molar-refractivity contribution in [3.63, 3.8) is 0 Å². The number of amides is 1. The van der Waals surface area contributed by atoms with Crippen LogP contribution in [0.25, 0.3) is 0 Å². The maximum atomic E-state index is 13.3. The molecule has 0 spiro atoms. The second-order valence-corrected chi connectivity index (χ2v) is 9.78. The summed E-state index contributed by atoms with van der Waals surface area (Å²) in [5.74, 6) is -0.759. The van der Waals surface area contributed by atoms with Crippen molar-refractivity contribution in [2.75, 3.05) is 11.1 Å². The molecular weight excluding hydrogens is 488 g/mol. The van der Waals surface area contributed by atoms with Gasteiger partial charge in [-0.05, 0) is 41.0 Å². The lowest BCUT2D eigenvalue weighted by Gasteiger charge is -2.31. The van der Waals surface area contributed by atoms with Crippen molar-refractivity contribution in [2.24, 2.45) is 0 Å². The molecule has 34 heavy (non-hydrogen) atoms. The maximum absolute atomic E-state index is 13.3. The number of carbonyl (C=O) groups is 1. The number of anilines is 1. The summed E-state index contributed by atoms with van der Waals surface area (Å²) in [5.41, 5.74) is -5.08. The average molecular weight is 505 g/mol. The van der Waals surface area contributed by atoms with Gasteiger partial charge in [-0.3, -0.25) is 10.1 Å². The molecule has 0 aliphatic carbocycles. The number of nitriles is 1. The Morgan fingerprint density at radius 2 is 1.68 bits per heavy atom. The minimum absolute atomic E-state index is 0.0923. The van der Waals surface area contributed by atoms with Crippen LogP contribution in [0, 0.1) is 11.3 Å². The van der Waals surface area contributed by atoms with E-state index in [1.54, 1.807) is 0 Å². The van der Waals surface area contributed by atoms with Crippen molar-refractivity contribution in [3.05, 3.63) is 59.2 Å². The highest BCUT2D eigenvalue weighted by Gasteiger charge is 2.72. The number of sulfone groups is 1. The zero-order valence-corrected chi connectivity index (χ0v) is 18.2. The third-order valence-corrected chi connectivity index (χ3v) is 7.26. The molecule has 1 atom stereocenters. The molecule has 2 aromatic rings. The minimum atomic E-state index is -5.92. The van der Waals surface area contributed by atoms with E-state index in [-0.39, 0.29) is 22.9 Å². The number of fused-ring (bicyclic) bond motifs is 1. The Hall–Kier alpha value is -3.11. The first kappa shape index (κ1) is 25.5. The number of halogens is 6. The zero-order chi connectivity index (χ0) is 25.5. The van der Waals surface area contributed by atoms with Gasteiger partial charge in [0, 0.05) is 12.2 Å². The van der Waals surface area contributed by atoms with E-state index in [9.17, 15) is 39.6 Å². The molecule has 1 aliphatic rings. The van der Waals surface area contributed by atoms with Gasteiger partial charge in [0.1, 0.15) is 6.04 Å². The van der Waals surface area contributed by atoms with E-state index in [2.05, 4.69) is 10.6 Å². The Morgan fingerprint density at radius 1 is 1.09 bits per heavy atom. The molecule has 2 N–H and O–H groups in total. The number of nitrogens with one attached hydrogen (secondary N) is 2. The molecule has 1 heterocycles. The van der Waals surface area contributed by atoms with E-state index >= 15 is 0 Å². The highest BCUT2D eigenvalue weighted by molar-refractivity contribution is 7.91. The summed E-state index contributed by atoms with van der Waals surface area (Å²) in [5, 5.41) is 14.1. The molecule has 0 fully saturated rings. The van der Waals surface area contributed by atoms with Crippen LogP contribution < -0.4 is 10.6 Å². The first-order valence-corrected chi connectivity index (χ1v) is 11.4. The van der Waals surface area contributed by atoms with E-state index in [4.69, 9.17) is 5.26 Å². The van der Waals surface area contributed by atoms with Gasteiger partial charge >= 0.3 is 12.4 Å². The summed E-state index contributed by atoms with van der Waals surface area (Å²) < 4.78 is 104. The van der Waals surface area contributed by atoms with Gasteiger partial charge in [0.15, 0.2) is 9.84 Å². The van der Waals surface area contributed by atoms with Crippen molar-refractivity contribution in [1.82, 2.24) is 5.32 Å². The van der Waals surface area contributed by atoms with Gasteiger partial charge in [-0.15, -0.1) is 0 Å². The molecule has 0 radical (unpaired) electrons. The number of alkyl halides is 6. The fraction of sp³-hybridized carbons (Fsp3) is 0.333. The first-order chi connectivity index (χ1) is 15.7. The van der Waals surface area contributed by atoms with Gasteiger partial charge in [-0.1, -0.05) is 25.1 Å². The van der Waals surface area contributed by atoms with Crippen LogP contribution in [0.3, 0.4) is 0 Å². The van der Waals surface area contributed by atoms with Gasteiger partial charge in [-0.25, -0.2) is 8.42 Å². The van der Waals surface area contributed by atoms with E-state index in [0.717, 1.165) is 12.1 Å². The van der Waals surface area contributed by atoms with Gasteiger partial charge in [0.25, 0.3) is 5.41 Å². The fourth-order valence-corrected chi connectivity index (χ4v) is 4.56. The number of nitrogens with zero attached hydrogens (tertiary/aromatic N) is 1. The fourth-order valence-electron chi connectivity index (χ4n) is 3.63. The van der Waals surface area contributed by atoms with E-state index in [1.807, 2.05) is 0 Å². The first-order valence-electron chi connectivity index (χ1n) is 9.73. The number of rotatable bonds is 5. The molecule has 13 heteroatoms. The van der Waals surface area contributed by atoms with Gasteiger partial charge in [0.05, 0.1) is 16.7 Å². The second-order valence-electron chi connectivity index (χ2n) is 7.50. The molecule has 2 aromatic carbocycles. The molecule has 3 rings (SSSR count). The average Bonchev–Trinajstić information content (AvgIpc) is 3.17. The normalized spacial score (nSPS) is 16.6. The quantitative estimate of drug-likeness (QED) is 0.595. The molecule has 1 amide bonds. The van der Waals surface area contributed by atoms with E-state index in [1.165, 1.54) is 25.1 Å². The lowest BCUT2D eigenvalue weighted by Crippen LogP contribution is -2.52. The van der Waals surface area contributed by atoms with Crippen molar-refractivity contribution in [1.29, 1.82) is 5.26 Å². The summed E-state index contributed by atoms with van der Waals surface area (Å²) in [4.78, 5) is 12.8. The van der Waals surface area contributed by atoms with Crippen LogP contribution >= 0.6 is 0 Å². The lowest BCUT2D eigenvalue weighted by molar-refractivity contribution is -0.283. The summed E-state index contributed by atoms with van der Waals surface area (Å²) in [7, 11) is -3.46. The van der Waals surface area contributed by atoms with Crippen LogP contribution in [0.15, 0.2) is 47.4 Å². The summed E-state index contributed by atoms with van der Waals surface area (Å²) in [6.45, 7) is 1.67. The molecule has 1 unspecified atom stereocenters. The predicted octanol–water partition coefficient (Wildman–Crippen LogP) is 4.15. The Bertz CT molecular complexity index is 1230. The largest absolute Gasteiger partial charge is 0.420 e. The molecule has 0 saturated heterocycles. The van der Waals surface area contributed by atoms with Crippen LogP contribution in [0.2, 0.25) is 0 Å². The Morgan fingerprint density at radius 3 is 2.18 bits per heavy atom. The van der Waals surface area contributed by atoms with Crippen LogP contribution in [-0.2, 0) is 26.6 Å². The Balaban J connectivity index is 1.84. The number of hydrogen-bond donors (Lipinski definition) is 2. The van der Waals surface area contributed by atoms with E-state index < -0.39 is 45.1 Å². The van der Waals surface area contributed by atoms with Crippen LogP contribution in [0.4, 0.5) is 32.0 Å². The van der Waals surface area contributed by atoms with Crippen molar-refractivity contribution >= 4 is 21.4 Å². The SMILES string of the molecule is CCS(=O)(=O)c1ccc2c(c1)CNC2C(=O)Nc1ccc(C(C#N)(C(F)(F)F)C(F)(F)F)cc1. The third-order valence-electron chi connectivity index (χ3n) is 5.53. The third kappa shape index (κ3) is 4.23. The monoisotopic (exact) mass is 505 g/mol. The van der Waals surface area contributed by atoms with Crippen molar-refractivity contribution < 1.29 is 39.6 Å². The Kier molecular flexibility index (Phi) is 6.45. The minimum Gasteiger partial charge on any atom is -0.324 e. The second kappa shape index (κ2) is 8.59. The molecule has 1 aliphatic heterocycles. The van der Waals surface area contributed by atoms with Gasteiger partial charge < -0.3 is 5.32 Å². The number of hydrogen-bond acceptors (Lipinski definition) is 5. The predicted molar refractivity (Wildman–Crippen MR) is 108 cm³/mol. The van der Waals surface area contributed by atoms with E-state index in [0.29, 0.717) is 29.3 Å². The van der Waals surface area contributed by atoms with Gasteiger partial charge in [0.2, 0.25) is 5.91 Å². The summed E-state index contributed by atoms with van der Waals surface area (Å²) >= 11 is 0. The Labute approximate surface area is 190 Å². The summed E-state index contributed by atoms with van der Waals surface area (Å²) in [6, 6.07) is 6.35. The van der Waals surface area contributed by atoms with Crippen molar-refractivity contribution in [3.8, 4) is 6.07 Å². The lowest BCUT2D eigenvalue weighted by atomic mass is 9.80. The highest BCUT2D eigenvalue weighted by Crippen LogP contribution is 2.51.